The molecule has 3 N–H and O–H groups in total. The lowest BCUT2D eigenvalue weighted by atomic mass is 10.0. The molecular weight excluding hydrogens is 444 g/mol. The van der Waals surface area contributed by atoms with Crippen molar-refractivity contribution in [1.29, 1.82) is 0 Å². The zero-order valence-electron chi connectivity index (χ0n) is 15.7. The summed E-state index contributed by atoms with van der Waals surface area (Å²) in [6, 6.07) is 24.7. The Morgan fingerprint density at radius 3 is 2.43 bits per heavy atom. The number of carbonyl (C=O) groups excluding carboxylic acids is 1. The molecule has 0 unspecified atom stereocenters. The van der Waals surface area contributed by atoms with Gasteiger partial charge in [0.05, 0.1) is 11.9 Å². The highest BCUT2D eigenvalue weighted by Crippen LogP contribution is 2.24. The minimum absolute atomic E-state index is 0.0685. The molecule has 1 amide bonds. The van der Waals surface area contributed by atoms with E-state index in [1.807, 2.05) is 42.5 Å². The third kappa shape index (κ3) is 4.47. The van der Waals surface area contributed by atoms with Crippen molar-refractivity contribution >= 4 is 28.1 Å². The molecule has 0 aliphatic heterocycles. The number of hydrogen-bond donors (Lipinski definition) is 3. The Bertz CT molecular complexity index is 1200. The van der Waals surface area contributed by atoms with Gasteiger partial charge in [0.15, 0.2) is 0 Å². The van der Waals surface area contributed by atoms with E-state index in [0.29, 0.717) is 11.3 Å². The second kappa shape index (κ2) is 8.75. The number of nitrogens with zero attached hydrogens (tertiary/aromatic N) is 2. The Morgan fingerprint density at radius 2 is 1.67 bits per heavy atom. The number of nitrogens with one attached hydrogen (secondary N) is 2. The SMILES string of the molecule is O=C(N/N=C\c1cc(Br)ccc1O)c1cc(-c2ccc(-c3ccccc3)cc2)n[nH]1. The van der Waals surface area contributed by atoms with Crippen molar-refractivity contribution in [3.8, 4) is 28.1 Å². The summed E-state index contributed by atoms with van der Waals surface area (Å²) in [5.41, 5.74) is 6.99. The second-order valence-electron chi connectivity index (χ2n) is 6.51. The maximum atomic E-state index is 12.3. The van der Waals surface area contributed by atoms with Gasteiger partial charge in [-0.05, 0) is 35.4 Å². The first-order chi connectivity index (χ1) is 14.6. The van der Waals surface area contributed by atoms with Gasteiger partial charge in [-0.2, -0.15) is 10.2 Å². The van der Waals surface area contributed by atoms with E-state index in [1.165, 1.54) is 12.3 Å². The van der Waals surface area contributed by atoms with Gasteiger partial charge in [-0.25, -0.2) is 5.43 Å². The Morgan fingerprint density at radius 1 is 0.967 bits per heavy atom. The highest BCUT2D eigenvalue weighted by Gasteiger charge is 2.11. The predicted molar refractivity (Wildman–Crippen MR) is 120 cm³/mol. The summed E-state index contributed by atoms with van der Waals surface area (Å²) >= 11 is 3.32. The maximum Gasteiger partial charge on any atom is 0.289 e. The molecule has 4 aromatic rings. The smallest absolute Gasteiger partial charge is 0.289 e. The molecule has 0 saturated heterocycles. The summed E-state index contributed by atoms with van der Waals surface area (Å²) in [5, 5.41) is 20.6. The van der Waals surface area contributed by atoms with Crippen molar-refractivity contribution in [3.63, 3.8) is 0 Å². The fourth-order valence-electron chi connectivity index (χ4n) is 2.90. The van der Waals surface area contributed by atoms with Crippen molar-refractivity contribution in [2.45, 2.75) is 0 Å². The standard InChI is InChI=1S/C23H17BrN4O2/c24-19-10-11-22(29)18(12-19)14-25-28-23(30)21-13-20(26-27-21)17-8-6-16(7-9-17)15-4-2-1-3-5-15/h1-14,29H,(H,26,27)(H,28,30)/b25-14-. The van der Waals surface area contributed by atoms with Crippen LogP contribution >= 0.6 is 15.9 Å². The van der Waals surface area contributed by atoms with E-state index in [-0.39, 0.29) is 11.4 Å². The van der Waals surface area contributed by atoms with Gasteiger partial charge in [-0.1, -0.05) is 70.5 Å². The Kier molecular flexibility index (Phi) is 5.72. The first-order valence-electron chi connectivity index (χ1n) is 9.13. The van der Waals surface area contributed by atoms with Crippen molar-refractivity contribution in [2.24, 2.45) is 5.10 Å². The molecule has 0 spiro atoms. The van der Waals surface area contributed by atoms with Crippen LogP contribution < -0.4 is 5.43 Å². The van der Waals surface area contributed by atoms with Gasteiger partial charge in [0.2, 0.25) is 0 Å². The molecule has 0 aliphatic rings. The zero-order chi connectivity index (χ0) is 20.9. The summed E-state index contributed by atoms with van der Waals surface area (Å²) in [4.78, 5) is 12.3. The van der Waals surface area contributed by atoms with Crippen LogP contribution in [0, 0.1) is 0 Å². The number of phenols is 1. The second-order valence-corrected chi connectivity index (χ2v) is 7.43. The number of aromatic nitrogens is 2. The first kappa shape index (κ1) is 19.6. The molecular formula is C23H17BrN4O2. The van der Waals surface area contributed by atoms with Crippen molar-refractivity contribution in [2.75, 3.05) is 0 Å². The molecule has 148 valence electrons. The summed E-state index contributed by atoms with van der Waals surface area (Å²) < 4.78 is 0.796. The van der Waals surface area contributed by atoms with E-state index in [0.717, 1.165) is 21.2 Å². The normalized spacial score (nSPS) is 11.0. The maximum absolute atomic E-state index is 12.3. The minimum Gasteiger partial charge on any atom is -0.507 e. The number of aromatic amines is 1. The molecule has 0 bridgehead atoms. The third-order valence-electron chi connectivity index (χ3n) is 4.47. The van der Waals surface area contributed by atoms with Crippen LogP contribution in [0.3, 0.4) is 0 Å². The third-order valence-corrected chi connectivity index (χ3v) is 4.96. The number of amides is 1. The number of rotatable bonds is 5. The largest absolute Gasteiger partial charge is 0.507 e. The van der Waals surface area contributed by atoms with Crippen LogP contribution in [0.25, 0.3) is 22.4 Å². The lowest BCUT2D eigenvalue weighted by Gasteiger charge is -2.02. The molecule has 7 heteroatoms. The molecule has 0 atom stereocenters. The molecule has 1 aromatic heterocycles. The van der Waals surface area contributed by atoms with Gasteiger partial charge in [-0.3, -0.25) is 9.89 Å². The quantitative estimate of drug-likeness (QED) is 0.289. The zero-order valence-corrected chi connectivity index (χ0v) is 17.3. The molecule has 30 heavy (non-hydrogen) atoms. The van der Waals surface area contributed by atoms with Crippen LogP contribution in [-0.2, 0) is 0 Å². The molecule has 0 fully saturated rings. The molecule has 1 heterocycles. The van der Waals surface area contributed by atoms with Crippen LogP contribution in [0.15, 0.2) is 88.4 Å². The van der Waals surface area contributed by atoms with Crippen LogP contribution in [-0.4, -0.2) is 27.4 Å². The minimum atomic E-state index is -0.430. The monoisotopic (exact) mass is 460 g/mol. The van der Waals surface area contributed by atoms with E-state index in [2.05, 4.69) is 48.8 Å². The average Bonchev–Trinajstić information content (AvgIpc) is 3.27. The molecule has 6 nitrogen and oxygen atoms in total. The van der Waals surface area contributed by atoms with Crippen LogP contribution in [0.5, 0.6) is 5.75 Å². The van der Waals surface area contributed by atoms with E-state index < -0.39 is 5.91 Å². The van der Waals surface area contributed by atoms with E-state index in [1.54, 1.807) is 18.2 Å². The first-order valence-corrected chi connectivity index (χ1v) is 9.92. The summed E-state index contributed by atoms with van der Waals surface area (Å²) in [6.07, 6.45) is 1.37. The van der Waals surface area contributed by atoms with Gasteiger partial charge < -0.3 is 5.11 Å². The molecule has 0 radical (unpaired) electrons. The predicted octanol–water partition coefficient (Wildman–Crippen LogP) is 4.98. The Balaban J connectivity index is 1.44. The average molecular weight is 461 g/mol. The van der Waals surface area contributed by atoms with Gasteiger partial charge in [0.1, 0.15) is 11.4 Å². The number of phenolic OH excluding ortho intramolecular Hbond substituents is 1. The lowest BCUT2D eigenvalue weighted by molar-refractivity contribution is 0.0950. The topological polar surface area (TPSA) is 90.4 Å². The Labute approximate surface area is 181 Å². The molecule has 4 rings (SSSR count). The Hall–Kier alpha value is -3.71. The number of hydrazone groups is 1. The summed E-state index contributed by atoms with van der Waals surface area (Å²) in [7, 11) is 0. The van der Waals surface area contributed by atoms with Crippen LogP contribution in [0.1, 0.15) is 16.1 Å². The molecule has 3 aromatic carbocycles. The van der Waals surface area contributed by atoms with Crippen LogP contribution in [0.4, 0.5) is 0 Å². The van der Waals surface area contributed by atoms with Crippen molar-refractivity contribution < 1.29 is 9.90 Å². The number of aromatic hydroxyl groups is 1. The fourth-order valence-corrected chi connectivity index (χ4v) is 3.28. The van der Waals surface area contributed by atoms with Crippen molar-refractivity contribution in [1.82, 2.24) is 15.6 Å². The number of hydrogen-bond acceptors (Lipinski definition) is 4. The summed E-state index contributed by atoms with van der Waals surface area (Å²) in [5.74, 6) is -0.362. The van der Waals surface area contributed by atoms with Gasteiger partial charge in [0.25, 0.3) is 5.91 Å². The number of carbonyl (C=O) groups is 1. The molecule has 0 saturated carbocycles. The van der Waals surface area contributed by atoms with Crippen molar-refractivity contribution in [3.05, 3.63) is 94.6 Å². The van der Waals surface area contributed by atoms with E-state index in [4.69, 9.17) is 0 Å². The van der Waals surface area contributed by atoms with Gasteiger partial charge in [-0.15, -0.1) is 0 Å². The van der Waals surface area contributed by atoms with E-state index >= 15 is 0 Å². The molecule has 0 aliphatic carbocycles. The fraction of sp³-hybridized carbons (Fsp3) is 0. The number of H-pyrrole nitrogens is 1. The number of benzene rings is 3. The summed E-state index contributed by atoms with van der Waals surface area (Å²) in [6.45, 7) is 0. The van der Waals surface area contributed by atoms with Gasteiger partial charge in [0, 0.05) is 15.6 Å². The lowest BCUT2D eigenvalue weighted by Crippen LogP contribution is -2.18. The van der Waals surface area contributed by atoms with Crippen LogP contribution in [0.2, 0.25) is 0 Å². The highest BCUT2D eigenvalue weighted by molar-refractivity contribution is 9.10. The highest BCUT2D eigenvalue weighted by atomic mass is 79.9. The number of halogens is 1. The van der Waals surface area contributed by atoms with E-state index in [9.17, 15) is 9.90 Å². The van der Waals surface area contributed by atoms with Gasteiger partial charge >= 0.3 is 0 Å².